The van der Waals surface area contributed by atoms with Crippen LogP contribution in [0.15, 0.2) is 11.8 Å². The van der Waals surface area contributed by atoms with Gasteiger partial charge in [0.15, 0.2) is 0 Å². The molecule has 1 rings (SSSR count). The third kappa shape index (κ3) is 1.59. The van der Waals surface area contributed by atoms with E-state index >= 15 is 0 Å². The Morgan fingerprint density at radius 1 is 1.60 bits per heavy atom. The van der Waals surface area contributed by atoms with Gasteiger partial charge in [-0.1, -0.05) is 13.8 Å². The normalized spacial score (nSPS) is 26.4. The molecule has 0 unspecified atom stereocenters. The molecule has 1 saturated heterocycles. The lowest BCUT2D eigenvalue weighted by molar-refractivity contribution is -0.104. The van der Waals surface area contributed by atoms with E-state index in [1.165, 1.54) is 0 Å². The summed E-state index contributed by atoms with van der Waals surface area (Å²) in [6.45, 7) is 5.35. The third-order valence-electron chi connectivity index (χ3n) is 1.73. The van der Waals surface area contributed by atoms with E-state index in [-0.39, 0.29) is 0 Å². The van der Waals surface area contributed by atoms with E-state index in [2.05, 4.69) is 19.2 Å². The maximum Gasteiger partial charge on any atom is 0.144 e. The number of hydrogen-bond donors (Lipinski definition) is 1. The maximum atomic E-state index is 10.1. The molecule has 0 spiro atoms. The molecule has 1 N–H and O–H groups in total. The van der Waals surface area contributed by atoms with Gasteiger partial charge < -0.3 is 5.32 Å². The van der Waals surface area contributed by atoms with Gasteiger partial charge in [-0.25, -0.2) is 0 Å². The summed E-state index contributed by atoms with van der Waals surface area (Å²) in [7, 11) is 0. The van der Waals surface area contributed by atoms with Crippen molar-refractivity contribution in [3.63, 3.8) is 0 Å². The van der Waals surface area contributed by atoms with Gasteiger partial charge in [-0.2, -0.15) is 0 Å². The Morgan fingerprint density at radius 2 is 2.30 bits per heavy atom. The quantitative estimate of drug-likeness (QED) is 0.435. The van der Waals surface area contributed by atoms with Crippen LogP contribution >= 0.6 is 0 Å². The molecule has 2 nitrogen and oxygen atoms in total. The molecule has 1 aliphatic rings. The molecule has 0 amide bonds. The Balaban J connectivity index is 2.59. The average Bonchev–Trinajstić information content (AvgIpc) is 2.12. The van der Waals surface area contributed by atoms with Crippen molar-refractivity contribution in [2.24, 2.45) is 5.41 Å². The predicted molar refractivity (Wildman–Crippen MR) is 40.5 cm³/mol. The Bertz CT molecular complexity index is 170. The van der Waals surface area contributed by atoms with Crippen molar-refractivity contribution in [3.05, 3.63) is 11.8 Å². The topological polar surface area (TPSA) is 29.1 Å². The number of carbonyl (C=O) groups is 1. The molecule has 2 heteroatoms. The van der Waals surface area contributed by atoms with Crippen LogP contribution in [0.3, 0.4) is 0 Å². The summed E-state index contributed by atoms with van der Waals surface area (Å²) >= 11 is 0. The highest BCUT2D eigenvalue weighted by atomic mass is 16.1. The first kappa shape index (κ1) is 7.32. The highest BCUT2D eigenvalue weighted by Gasteiger charge is 2.25. The fourth-order valence-corrected chi connectivity index (χ4v) is 1.19. The maximum absolute atomic E-state index is 10.1. The minimum absolute atomic E-state index is 0.328. The Kier molecular flexibility index (Phi) is 1.79. The second-order valence-electron chi connectivity index (χ2n) is 3.52. The Morgan fingerprint density at radius 3 is 2.70 bits per heavy atom. The molecule has 1 aliphatic heterocycles. The summed E-state index contributed by atoms with van der Waals surface area (Å²) in [5.41, 5.74) is 1.40. The van der Waals surface area contributed by atoms with Gasteiger partial charge in [-0.05, 0) is 17.9 Å². The van der Waals surface area contributed by atoms with Gasteiger partial charge in [0.1, 0.15) is 6.29 Å². The van der Waals surface area contributed by atoms with Crippen LogP contribution < -0.4 is 5.32 Å². The van der Waals surface area contributed by atoms with Crippen LogP contribution in [0.5, 0.6) is 0 Å². The first-order chi connectivity index (χ1) is 4.64. The van der Waals surface area contributed by atoms with E-state index < -0.39 is 0 Å². The first-order valence-electron chi connectivity index (χ1n) is 3.52. The smallest absolute Gasteiger partial charge is 0.144 e. The summed E-state index contributed by atoms with van der Waals surface area (Å²) in [5.74, 6) is 0. The van der Waals surface area contributed by atoms with E-state index in [9.17, 15) is 4.79 Å². The zero-order chi connectivity index (χ0) is 7.61. The molecule has 0 aromatic rings. The van der Waals surface area contributed by atoms with Crippen LogP contribution in [0, 0.1) is 5.41 Å². The molecule has 1 fully saturated rings. The standard InChI is InChI=1S/C8H13NO/c1-8(2)5-7(3-4-10)9-6-8/h3-4,9H,5-6H2,1-2H3/b7-3-. The molecular weight excluding hydrogens is 126 g/mol. The predicted octanol–water partition coefficient (Wildman–Crippen LogP) is 1.09. The van der Waals surface area contributed by atoms with Crippen molar-refractivity contribution in [2.75, 3.05) is 6.54 Å². The molecule has 0 aliphatic carbocycles. The Labute approximate surface area is 61.3 Å². The molecule has 0 radical (unpaired) electrons. The molecule has 0 aromatic carbocycles. The number of aldehydes is 1. The van der Waals surface area contributed by atoms with E-state index in [0.29, 0.717) is 5.41 Å². The summed E-state index contributed by atoms with van der Waals surface area (Å²) in [6.07, 6.45) is 3.43. The summed E-state index contributed by atoms with van der Waals surface area (Å²) in [5, 5.41) is 3.18. The number of rotatable bonds is 1. The molecule has 0 saturated carbocycles. The third-order valence-corrected chi connectivity index (χ3v) is 1.73. The lowest BCUT2D eigenvalue weighted by Gasteiger charge is -2.12. The monoisotopic (exact) mass is 139 g/mol. The van der Waals surface area contributed by atoms with E-state index in [4.69, 9.17) is 0 Å². The van der Waals surface area contributed by atoms with Gasteiger partial charge in [0.25, 0.3) is 0 Å². The first-order valence-corrected chi connectivity index (χ1v) is 3.52. The van der Waals surface area contributed by atoms with E-state index in [0.717, 1.165) is 24.9 Å². The van der Waals surface area contributed by atoms with Crippen molar-refractivity contribution in [2.45, 2.75) is 20.3 Å². The number of carbonyl (C=O) groups excluding carboxylic acids is 1. The minimum atomic E-state index is 0.328. The van der Waals surface area contributed by atoms with Crippen LogP contribution in [0.25, 0.3) is 0 Å². The summed E-state index contributed by atoms with van der Waals surface area (Å²) in [4.78, 5) is 10.1. The molecular formula is C8H13NO. The molecule has 0 bridgehead atoms. The lowest BCUT2D eigenvalue weighted by Crippen LogP contribution is -2.14. The van der Waals surface area contributed by atoms with Gasteiger partial charge >= 0.3 is 0 Å². The van der Waals surface area contributed by atoms with E-state index in [1.807, 2.05) is 0 Å². The van der Waals surface area contributed by atoms with E-state index in [1.54, 1.807) is 6.08 Å². The molecule has 56 valence electrons. The highest BCUT2D eigenvalue weighted by molar-refractivity contribution is 5.66. The summed E-state index contributed by atoms with van der Waals surface area (Å²) in [6, 6.07) is 0. The van der Waals surface area contributed by atoms with Gasteiger partial charge in [0.05, 0.1) is 0 Å². The van der Waals surface area contributed by atoms with Crippen molar-refractivity contribution in [1.82, 2.24) is 5.32 Å². The van der Waals surface area contributed by atoms with Crippen molar-refractivity contribution >= 4 is 6.29 Å². The minimum Gasteiger partial charge on any atom is -0.388 e. The Hall–Kier alpha value is -0.790. The van der Waals surface area contributed by atoms with Gasteiger partial charge in [-0.3, -0.25) is 4.79 Å². The van der Waals surface area contributed by atoms with Crippen LogP contribution in [-0.2, 0) is 4.79 Å². The fraction of sp³-hybridized carbons (Fsp3) is 0.625. The fourth-order valence-electron chi connectivity index (χ4n) is 1.19. The number of hydrogen-bond acceptors (Lipinski definition) is 2. The second kappa shape index (κ2) is 2.45. The van der Waals surface area contributed by atoms with Crippen molar-refractivity contribution in [3.8, 4) is 0 Å². The van der Waals surface area contributed by atoms with Crippen LogP contribution in [0.2, 0.25) is 0 Å². The van der Waals surface area contributed by atoms with Gasteiger partial charge in [0, 0.05) is 12.2 Å². The van der Waals surface area contributed by atoms with Crippen LogP contribution in [0.4, 0.5) is 0 Å². The molecule has 0 aromatic heterocycles. The average molecular weight is 139 g/mol. The zero-order valence-electron chi connectivity index (χ0n) is 6.48. The summed E-state index contributed by atoms with van der Waals surface area (Å²) < 4.78 is 0. The molecule has 10 heavy (non-hydrogen) atoms. The van der Waals surface area contributed by atoms with Crippen LogP contribution in [0.1, 0.15) is 20.3 Å². The SMILES string of the molecule is CC1(C)CN/C(=C\C=O)C1. The van der Waals surface area contributed by atoms with Gasteiger partial charge in [-0.15, -0.1) is 0 Å². The second-order valence-corrected chi connectivity index (χ2v) is 3.52. The largest absolute Gasteiger partial charge is 0.388 e. The van der Waals surface area contributed by atoms with Gasteiger partial charge in [0.2, 0.25) is 0 Å². The van der Waals surface area contributed by atoms with Crippen molar-refractivity contribution < 1.29 is 4.79 Å². The lowest BCUT2D eigenvalue weighted by atomic mass is 9.92. The van der Waals surface area contributed by atoms with Crippen molar-refractivity contribution in [1.29, 1.82) is 0 Å². The molecule has 0 atom stereocenters. The number of nitrogens with one attached hydrogen (secondary N) is 1. The highest BCUT2D eigenvalue weighted by Crippen LogP contribution is 2.28. The van der Waals surface area contributed by atoms with Crippen LogP contribution in [-0.4, -0.2) is 12.8 Å². The zero-order valence-corrected chi connectivity index (χ0v) is 6.48. The number of allylic oxidation sites excluding steroid dienone is 2. The molecule has 1 heterocycles.